The standard InChI is InChI=1S/C15H20N4OS/c1-15(2,3)9-4-5-10-8(6-9)7-11-12(17-10)21-14(18-11)19-13(16)20/h7,9H,4-6H2,1-3H3,(H3,16,18,19,20). The number of urea groups is 1. The van der Waals surface area contributed by atoms with Crippen LogP contribution < -0.4 is 11.1 Å². The average molecular weight is 304 g/mol. The number of hydrogen-bond acceptors (Lipinski definition) is 4. The van der Waals surface area contributed by atoms with Gasteiger partial charge in [-0.05, 0) is 42.2 Å². The molecule has 0 saturated heterocycles. The maximum absolute atomic E-state index is 10.9. The van der Waals surface area contributed by atoms with Gasteiger partial charge in [-0.15, -0.1) is 0 Å². The number of carbonyl (C=O) groups is 1. The van der Waals surface area contributed by atoms with E-state index in [0.29, 0.717) is 16.5 Å². The van der Waals surface area contributed by atoms with Crippen LogP contribution in [0.3, 0.4) is 0 Å². The average Bonchev–Trinajstić information content (AvgIpc) is 2.73. The Morgan fingerprint density at radius 2 is 2.19 bits per heavy atom. The van der Waals surface area contributed by atoms with Crippen LogP contribution >= 0.6 is 11.3 Å². The molecule has 2 aromatic heterocycles. The highest BCUT2D eigenvalue weighted by Gasteiger charge is 2.29. The number of amides is 2. The zero-order chi connectivity index (χ0) is 15.2. The number of aryl methyl sites for hydroxylation is 1. The van der Waals surface area contributed by atoms with Gasteiger partial charge in [-0.25, -0.2) is 14.8 Å². The van der Waals surface area contributed by atoms with E-state index in [1.54, 1.807) is 0 Å². The molecule has 5 nitrogen and oxygen atoms in total. The van der Waals surface area contributed by atoms with E-state index >= 15 is 0 Å². The summed E-state index contributed by atoms with van der Waals surface area (Å²) in [4.78, 5) is 20.9. The summed E-state index contributed by atoms with van der Waals surface area (Å²) >= 11 is 1.37. The van der Waals surface area contributed by atoms with E-state index in [4.69, 9.17) is 10.7 Å². The fraction of sp³-hybridized carbons (Fsp3) is 0.533. The summed E-state index contributed by atoms with van der Waals surface area (Å²) in [6, 6.07) is 1.53. The summed E-state index contributed by atoms with van der Waals surface area (Å²) in [5.41, 5.74) is 8.76. The topological polar surface area (TPSA) is 80.9 Å². The van der Waals surface area contributed by atoms with Gasteiger partial charge in [0, 0.05) is 5.69 Å². The summed E-state index contributed by atoms with van der Waals surface area (Å²) in [7, 11) is 0. The molecule has 0 bridgehead atoms. The van der Waals surface area contributed by atoms with Gasteiger partial charge in [-0.3, -0.25) is 5.32 Å². The number of thiazole rings is 1. The van der Waals surface area contributed by atoms with Gasteiger partial charge in [0.1, 0.15) is 10.3 Å². The number of carbonyl (C=O) groups excluding carboxylic acids is 1. The summed E-state index contributed by atoms with van der Waals surface area (Å²) < 4.78 is 0. The van der Waals surface area contributed by atoms with E-state index in [0.717, 1.165) is 23.2 Å². The van der Waals surface area contributed by atoms with Crippen LogP contribution in [0.4, 0.5) is 9.93 Å². The highest BCUT2D eigenvalue weighted by molar-refractivity contribution is 7.21. The van der Waals surface area contributed by atoms with Gasteiger partial charge >= 0.3 is 6.03 Å². The third-order valence-corrected chi connectivity index (χ3v) is 5.08. The predicted molar refractivity (Wildman–Crippen MR) is 85.6 cm³/mol. The molecule has 1 atom stereocenters. The Balaban J connectivity index is 1.95. The van der Waals surface area contributed by atoms with E-state index < -0.39 is 6.03 Å². The summed E-state index contributed by atoms with van der Waals surface area (Å²) in [5, 5.41) is 3.04. The van der Waals surface area contributed by atoms with Crippen LogP contribution in [0.15, 0.2) is 6.07 Å². The maximum Gasteiger partial charge on any atom is 0.318 e. The molecule has 0 aromatic carbocycles. The van der Waals surface area contributed by atoms with Crippen LogP contribution in [-0.4, -0.2) is 16.0 Å². The van der Waals surface area contributed by atoms with Crippen LogP contribution in [0.2, 0.25) is 0 Å². The van der Waals surface area contributed by atoms with Crippen molar-refractivity contribution in [2.45, 2.75) is 40.0 Å². The molecule has 21 heavy (non-hydrogen) atoms. The molecule has 2 heterocycles. The van der Waals surface area contributed by atoms with Gasteiger partial charge in [-0.2, -0.15) is 0 Å². The van der Waals surface area contributed by atoms with E-state index in [1.807, 2.05) is 0 Å². The Bertz CT molecular complexity index is 701. The number of fused-ring (bicyclic) bond motifs is 2. The monoisotopic (exact) mass is 304 g/mol. The molecule has 0 spiro atoms. The quantitative estimate of drug-likeness (QED) is 0.848. The van der Waals surface area contributed by atoms with Crippen molar-refractivity contribution in [3.8, 4) is 0 Å². The van der Waals surface area contributed by atoms with E-state index in [2.05, 4.69) is 37.1 Å². The molecular weight excluding hydrogens is 284 g/mol. The molecule has 3 rings (SSSR count). The number of rotatable bonds is 1. The first-order valence-electron chi connectivity index (χ1n) is 7.19. The number of aromatic nitrogens is 2. The second-order valence-corrected chi connectivity index (χ2v) is 7.71. The number of anilines is 1. The zero-order valence-electron chi connectivity index (χ0n) is 12.6. The minimum Gasteiger partial charge on any atom is -0.351 e. The van der Waals surface area contributed by atoms with Crippen LogP contribution in [0, 0.1) is 11.3 Å². The second kappa shape index (κ2) is 4.94. The van der Waals surface area contributed by atoms with Gasteiger partial charge in [0.25, 0.3) is 0 Å². The number of nitrogens with zero attached hydrogens (tertiary/aromatic N) is 2. The second-order valence-electron chi connectivity index (χ2n) is 6.73. The van der Waals surface area contributed by atoms with E-state index in [1.165, 1.54) is 29.0 Å². The molecule has 0 aliphatic heterocycles. The first kappa shape index (κ1) is 14.3. The van der Waals surface area contributed by atoms with Crippen molar-refractivity contribution in [1.82, 2.24) is 9.97 Å². The predicted octanol–water partition coefficient (Wildman–Crippen LogP) is 3.33. The fourth-order valence-corrected chi connectivity index (χ4v) is 3.75. The smallest absolute Gasteiger partial charge is 0.318 e. The Morgan fingerprint density at radius 1 is 1.43 bits per heavy atom. The normalized spacial score (nSPS) is 18.5. The Hall–Kier alpha value is -1.69. The van der Waals surface area contributed by atoms with Crippen LogP contribution in [0.25, 0.3) is 10.3 Å². The molecule has 2 aromatic rings. The van der Waals surface area contributed by atoms with Gasteiger partial charge in [0.15, 0.2) is 5.13 Å². The van der Waals surface area contributed by atoms with Gasteiger partial charge in [-0.1, -0.05) is 32.1 Å². The number of nitrogens with one attached hydrogen (secondary N) is 1. The van der Waals surface area contributed by atoms with Crippen molar-refractivity contribution < 1.29 is 4.79 Å². The third-order valence-electron chi connectivity index (χ3n) is 4.20. The Morgan fingerprint density at radius 3 is 2.86 bits per heavy atom. The molecule has 1 aliphatic rings. The summed E-state index contributed by atoms with van der Waals surface area (Å²) in [6.45, 7) is 6.89. The first-order chi connectivity index (χ1) is 9.83. The van der Waals surface area contributed by atoms with Crippen molar-refractivity contribution in [1.29, 1.82) is 0 Å². The van der Waals surface area contributed by atoms with Gasteiger partial charge in [0.2, 0.25) is 0 Å². The van der Waals surface area contributed by atoms with Crippen molar-refractivity contribution in [3.05, 3.63) is 17.3 Å². The molecule has 6 heteroatoms. The van der Waals surface area contributed by atoms with Crippen molar-refractivity contribution in [2.75, 3.05) is 5.32 Å². The molecule has 2 amide bonds. The van der Waals surface area contributed by atoms with Crippen molar-refractivity contribution in [3.63, 3.8) is 0 Å². The minimum absolute atomic E-state index is 0.313. The molecule has 3 N–H and O–H groups in total. The maximum atomic E-state index is 10.9. The largest absolute Gasteiger partial charge is 0.351 e. The van der Waals surface area contributed by atoms with Crippen molar-refractivity contribution in [2.24, 2.45) is 17.1 Å². The lowest BCUT2D eigenvalue weighted by Gasteiger charge is -2.34. The molecule has 1 aliphatic carbocycles. The SMILES string of the molecule is CC(C)(C)C1CCc2nc3sc(NC(N)=O)nc3cc2C1. The fourth-order valence-electron chi connectivity index (χ4n) is 2.91. The highest BCUT2D eigenvalue weighted by Crippen LogP contribution is 2.38. The Kier molecular flexibility index (Phi) is 3.36. The molecule has 0 fully saturated rings. The Labute approximate surface area is 128 Å². The lowest BCUT2D eigenvalue weighted by molar-refractivity contribution is 0.215. The van der Waals surface area contributed by atoms with E-state index in [9.17, 15) is 4.79 Å². The minimum atomic E-state index is -0.591. The first-order valence-corrected chi connectivity index (χ1v) is 8.00. The molecule has 0 saturated carbocycles. The lowest BCUT2D eigenvalue weighted by Crippen LogP contribution is -2.27. The zero-order valence-corrected chi connectivity index (χ0v) is 13.4. The summed E-state index contributed by atoms with van der Waals surface area (Å²) in [6.07, 6.45) is 3.25. The number of primary amides is 1. The lowest BCUT2D eigenvalue weighted by atomic mass is 9.71. The van der Waals surface area contributed by atoms with Crippen LogP contribution in [-0.2, 0) is 12.8 Å². The van der Waals surface area contributed by atoms with Crippen molar-refractivity contribution >= 4 is 32.8 Å². The molecule has 1 unspecified atom stereocenters. The van der Waals surface area contributed by atoms with Gasteiger partial charge < -0.3 is 5.73 Å². The third kappa shape index (κ3) is 2.85. The molecule has 112 valence electrons. The number of nitrogens with two attached hydrogens (primary N) is 1. The van der Waals surface area contributed by atoms with Crippen LogP contribution in [0.1, 0.15) is 38.4 Å². The summed E-state index contributed by atoms with van der Waals surface area (Å²) in [5.74, 6) is 0.672. The van der Waals surface area contributed by atoms with Crippen LogP contribution in [0.5, 0.6) is 0 Å². The number of pyridine rings is 1. The van der Waals surface area contributed by atoms with Gasteiger partial charge in [0.05, 0.1) is 0 Å². The number of hydrogen-bond donors (Lipinski definition) is 2. The highest BCUT2D eigenvalue weighted by atomic mass is 32.1. The molecule has 0 radical (unpaired) electrons. The van der Waals surface area contributed by atoms with E-state index in [-0.39, 0.29) is 0 Å². The molecular formula is C15H20N4OS.